The van der Waals surface area contributed by atoms with Gasteiger partial charge in [-0.3, -0.25) is 10.1 Å². The molecule has 0 radical (unpaired) electrons. The summed E-state index contributed by atoms with van der Waals surface area (Å²) in [5.41, 5.74) is 0.749. The second-order valence-electron chi connectivity index (χ2n) is 3.73. The number of nitro groups is 1. The third-order valence-electron chi connectivity index (χ3n) is 2.47. The number of thiophene rings is 1. The summed E-state index contributed by atoms with van der Waals surface area (Å²) in [5.74, 6) is 0.463. The molecule has 0 saturated carbocycles. The van der Waals surface area contributed by atoms with E-state index < -0.39 is 4.92 Å². The van der Waals surface area contributed by atoms with Gasteiger partial charge in [0.1, 0.15) is 5.75 Å². The van der Waals surface area contributed by atoms with Crippen molar-refractivity contribution in [2.75, 3.05) is 12.4 Å². The minimum Gasteiger partial charge on any atom is -0.494 e. The number of nitrogens with one attached hydrogen (secondary N) is 1. The van der Waals surface area contributed by atoms with Crippen molar-refractivity contribution in [2.45, 2.75) is 6.54 Å². The summed E-state index contributed by atoms with van der Waals surface area (Å²) in [7, 11) is 1.49. The Labute approximate surface area is 122 Å². The first kappa shape index (κ1) is 13.8. The molecule has 2 rings (SSSR count). The first-order valence-electron chi connectivity index (χ1n) is 5.39. The number of ether oxygens (including phenoxy) is 1. The van der Waals surface area contributed by atoms with Gasteiger partial charge < -0.3 is 10.1 Å². The van der Waals surface area contributed by atoms with Gasteiger partial charge in [-0.1, -0.05) is 0 Å². The Bertz CT molecular complexity index is 600. The maximum atomic E-state index is 10.7. The second kappa shape index (κ2) is 6.03. The normalized spacial score (nSPS) is 10.2. The zero-order valence-electron chi connectivity index (χ0n) is 10.1. The van der Waals surface area contributed by atoms with Gasteiger partial charge in [0, 0.05) is 27.3 Å². The van der Waals surface area contributed by atoms with Gasteiger partial charge in [-0.2, -0.15) is 0 Å². The number of hydrogen-bond acceptors (Lipinski definition) is 5. The molecule has 1 aromatic carbocycles. The predicted octanol–water partition coefficient (Wildman–Crippen LogP) is 4.04. The molecule has 0 bridgehead atoms. The van der Waals surface area contributed by atoms with Gasteiger partial charge >= 0.3 is 0 Å². The lowest BCUT2D eigenvalue weighted by atomic mass is 10.2. The largest absolute Gasteiger partial charge is 0.494 e. The average molecular weight is 343 g/mol. The molecule has 0 aliphatic rings. The van der Waals surface area contributed by atoms with Crippen LogP contribution in [-0.2, 0) is 6.54 Å². The van der Waals surface area contributed by atoms with Crippen LogP contribution in [0, 0.1) is 10.1 Å². The van der Waals surface area contributed by atoms with Crippen LogP contribution in [0.3, 0.4) is 0 Å². The van der Waals surface area contributed by atoms with Crippen LogP contribution in [0.25, 0.3) is 0 Å². The van der Waals surface area contributed by atoms with Crippen LogP contribution in [0.15, 0.2) is 34.1 Å². The standard InChI is InChI=1S/C12H11BrN2O3S/c1-18-12-5-9(15(16)17)2-3-11(12)14-6-10-4-8(13)7-19-10/h2-5,7,14H,6H2,1H3. The molecule has 0 saturated heterocycles. The van der Waals surface area contributed by atoms with E-state index in [9.17, 15) is 10.1 Å². The number of anilines is 1. The number of nitrogens with zero attached hydrogens (tertiary/aromatic N) is 1. The topological polar surface area (TPSA) is 64.4 Å². The fourth-order valence-corrected chi connectivity index (χ4v) is 2.96. The first-order valence-corrected chi connectivity index (χ1v) is 7.06. The molecule has 0 unspecified atom stereocenters. The number of benzene rings is 1. The van der Waals surface area contributed by atoms with E-state index >= 15 is 0 Å². The summed E-state index contributed by atoms with van der Waals surface area (Å²) >= 11 is 5.03. The lowest BCUT2D eigenvalue weighted by Gasteiger charge is -2.09. The quantitative estimate of drug-likeness (QED) is 0.657. The number of halogens is 1. The van der Waals surface area contributed by atoms with Gasteiger partial charge in [0.05, 0.1) is 23.8 Å². The Kier molecular flexibility index (Phi) is 4.39. The molecule has 1 aromatic heterocycles. The van der Waals surface area contributed by atoms with Crippen molar-refractivity contribution in [3.05, 3.63) is 49.1 Å². The number of nitro benzene ring substituents is 1. The molecule has 1 N–H and O–H groups in total. The average Bonchev–Trinajstić information content (AvgIpc) is 2.81. The molecule has 1 heterocycles. The SMILES string of the molecule is COc1cc([N+](=O)[O-])ccc1NCc1cc(Br)cs1. The molecule has 0 spiro atoms. The Morgan fingerprint density at radius 3 is 2.84 bits per heavy atom. The Hall–Kier alpha value is -1.60. The van der Waals surface area contributed by atoms with Gasteiger partial charge in [-0.25, -0.2) is 0 Å². The van der Waals surface area contributed by atoms with E-state index in [0.717, 1.165) is 15.0 Å². The highest BCUT2D eigenvalue weighted by atomic mass is 79.9. The number of methoxy groups -OCH3 is 1. The van der Waals surface area contributed by atoms with Crippen LogP contribution >= 0.6 is 27.3 Å². The molecule has 2 aromatic rings. The fourth-order valence-electron chi connectivity index (χ4n) is 1.57. The van der Waals surface area contributed by atoms with Gasteiger partial charge in [-0.05, 0) is 28.1 Å². The van der Waals surface area contributed by atoms with E-state index in [4.69, 9.17) is 4.74 Å². The van der Waals surface area contributed by atoms with Crippen LogP contribution in [-0.4, -0.2) is 12.0 Å². The van der Waals surface area contributed by atoms with Gasteiger partial charge in [0.15, 0.2) is 0 Å². The lowest BCUT2D eigenvalue weighted by molar-refractivity contribution is -0.384. The van der Waals surface area contributed by atoms with Crippen LogP contribution in [0.1, 0.15) is 4.88 Å². The van der Waals surface area contributed by atoms with E-state index in [0.29, 0.717) is 12.3 Å². The van der Waals surface area contributed by atoms with E-state index in [1.165, 1.54) is 19.2 Å². The van der Waals surface area contributed by atoms with Crippen molar-refractivity contribution in [1.82, 2.24) is 0 Å². The highest BCUT2D eigenvalue weighted by Crippen LogP contribution is 2.30. The van der Waals surface area contributed by atoms with Crippen molar-refractivity contribution in [3.63, 3.8) is 0 Å². The van der Waals surface area contributed by atoms with Crippen molar-refractivity contribution in [3.8, 4) is 5.75 Å². The first-order chi connectivity index (χ1) is 9.10. The Morgan fingerprint density at radius 2 is 2.26 bits per heavy atom. The highest BCUT2D eigenvalue weighted by Gasteiger charge is 2.11. The summed E-state index contributed by atoms with van der Waals surface area (Å²) in [6, 6.07) is 6.54. The van der Waals surface area contributed by atoms with Crippen molar-refractivity contribution in [2.24, 2.45) is 0 Å². The third kappa shape index (κ3) is 3.45. The summed E-state index contributed by atoms with van der Waals surface area (Å²) in [5, 5.41) is 15.9. The van der Waals surface area contributed by atoms with Crippen LogP contribution < -0.4 is 10.1 Å². The molecule has 5 nitrogen and oxygen atoms in total. The highest BCUT2D eigenvalue weighted by molar-refractivity contribution is 9.10. The second-order valence-corrected chi connectivity index (χ2v) is 5.64. The zero-order chi connectivity index (χ0) is 13.8. The Balaban J connectivity index is 2.13. The maximum Gasteiger partial charge on any atom is 0.273 e. The third-order valence-corrected chi connectivity index (χ3v) is 4.17. The van der Waals surface area contributed by atoms with Crippen molar-refractivity contribution >= 4 is 38.6 Å². The van der Waals surface area contributed by atoms with Crippen LogP contribution in [0.4, 0.5) is 11.4 Å². The predicted molar refractivity (Wildman–Crippen MR) is 79.0 cm³/mol. The molecular weight excluding hydrogens is 332 g/mol. The van der Waals surface area contributed by atoms with E-state index in [2.05, 4.69) is 21.2 Å². The Morgan fingerprint density at radius 1 is 1.47 bits per heavy atom. The molecule has 0 amide bonds. The molecule has 19 heavy (non-hydrogen) atoms. The smallest absolute Gasteiger partial charge is 0.273 e. The van der Waals surface area contributed by atoms with E-state index in [-0.39, 0.29) is 5.69 Å². The molecule has 0 atom stereocenters. The molecule has 7 heteroatoms. The number of hydrogen-bond donors (Lipinski definition) is 1. The summed E-state index contributed by atoms with van der Waals surface area (Å²) in [6.07, 6.45) is 0. The minimum absolute atomic E-state index is 0.0151. The van der Waals surface area contributed by atoms with Gasteiger partial charge in [0.2, 0.25) is 0 Å². The molecule has 0 fully saturated rings. The summed E-state index contributed by atoms with van der Waals surface area (Å²) < 4.78 is 6.20. The lowest BCUT2D eigenvalue weighted by Crippen LogP contribution is -2.00. The molecular formula is C12H11BrN2O3S. The number of rotatable bonds is 5. The molecule has 0 aliphatic carbocycles. The van der Waals surface area contributed by atoms with Crippen LogP contribution in [0.2, 0.25) is 0 Å². The van der Waals surface area contributed by atoms with E-state index in [1.807, 2.05) is 11.4 Å². The van der Waals surface area contributed by atoms with E-state index in [1.54, 1.807) is 17.4 Å². The minimum atomic E-state index is -0.442. The molecule has 0 aliphatic heterocycles. The van der Waals surface area contributed by atoms with Crippen LogP contribution in [0.5, 0.6) is 5.75 Å². The van der Waals surface area contributed by atoms with Crippen molar-refractivity contribution in [1.29, 1.82) is 0 Å². The maximum absolute atomic E-state index is 10.7. The monoisotopic (exact) mass is 342 g/mol. The zero-order valence-corrected chi connectivity index (χ0v) is 12.5. The molecule has 100 valence electrons. The summed E-state index contributed by atoms with van der Waals surface area (Å²) in [4.78, 5) is 11.4. The van der Waals surface area contributed by atoms with Gasteiger partial charge in [0.25, 0.3) is 5.69 Å². The van der Waals surface area contributed by atoms with Gasteiger partial charge in [-0.15, -0.1) is 11.3 Å². The summed E-state index contributed by atoms with van der Waals surface area (Å²) in [6.45, 7) is 0.643. The van der Waals surface area contributed by atoms with Crippen molar-refractivity contribution < 1.29 is 9.66 Å². The fraction of sp³-hybridized carbons (Fsp3) is 0.167. The number of non-ortho nitro benzene ring substituents is 1.